The molecule has 0 bridgehead atoms. The van der Waals surface area contributed by atoms with Gasteiger partial charge < -0.3 is 15.0 Å². The number of thiophene rings is 1. The summed E-state index contributed by atoms with van der Waals surface area (Å²) in [4.78, 5) is 56.8. The molecule has 3 aliphatic heterocycles. The number of likely N-dealkylation sites (tertiary alicyclic amines) is 1. The Hall–Kier alpha value is -3.51. The molecule has 2 amide bonds. The number of hydrogen-bond donors (Lipinski definition) is 1. The number of carbonyl (C=O) groups excluding carboxylic acids is 3. The van der Waals surface area contributed by atoms with Gasteiger partial charge in [0.1, 0.15) is 11.2 Å². The Morgan fingerprint density at radius 1 is 1.16 bits per heavy atom. The van der Waals surface area contributed by atoms with E-state index in [1.807, 2.05) is 12.1 Å². The van der Waals surface area contributed by atoms with Gasteiger partial charge in [-0.3, -0.25) is 24.6 Å². The average molecular weight is 644 g/mol. The molecule has 224 valence electrons. The molecule has 1 aromatic heterocycles. The fraction of sp³-hybridized carbons (Fsp3) is 0.367. The summed E-state index contributed by atoms with van der Waals surface area (Å²) in [5.41, 5.74) is -0.0804. The zero-order valence-electron chi connectivity index (χ0n) is 22.2. The Bertz CT molecular complexity index is 1690. The van der Waals surface area contributed by atoms with Crippen LogP contribution >= 0.6 is 34.5 Å². The number of anilines is 2. The van der Waals surface area contributed by atoms with Gasteiger partial charge in [0.15, 0.2) is 0 Å². The molecule has 10 nitrogen and oxygen atoms in total. The minimum Gasteiger partial charge on any atom is -0.465 e. The zero-order chi connectivity index (χ0) is 29.5. The highest BCUT2D eigenvalue weighted by molar-refractivity contribution is 7.16. The van der Waals surface area contributed by atoms with Gasteiger partial charge in [-0.2, -0.15) is 0 Å². The molecule has 1 saturated carbocycles. The van der Waals surface area contributed by atoms with Gasteiger partial charge >= 0.3 is 5.97 Å². The number of nitrogens with one attached hydrogen (secondary N) is 1. The Labute approximate surface area is 261 Å². The fourth-order valence-electron chi connectivity index (χ4n) is 7.07. The van der Waals surface area contributed by atoms with Gasteiger partial charge in [-0.15, -0.1) is 11.3 Å². The molecule has 4 heterocycles. The largest absolute Gasteiger partial charge is 0.465 e. The van der Waals surface area contributed by atoms with Crippen molar-refractivity contribution in [1.82, 2.24) is 4.90 Å². The first kappa shape index (κ1) is 29.6. The van der Waals surface area contributed by atoms with E-state index in [2.05, 4.69) is 10.2 Å². The standard InChI is InChI=1S/C29H24Cl2N4O6S.CH4/c1-41-27(37)15-4-7-19(20(10-15)35(39)40)33-13-21-24(26(33)36)25(22-8-9-23(31)42-22)29(34(21)12-14-2-3-14)17-6-5-16(30)11-18(17)32-28(29)38;/h4-11,14,21,24-25H,2-3,12-13H2,1H3,(H,32,38);1H4/t21-,24+,25-,29+;/m0./s1. The van der Waals surface area contributed by atoms with Crippen molar-refractivity contribution in [2.75, 3.05) is 30.4 Å². The molecular formula is C30H28Cl2N4O6S. The van der Waals surface area contributed by atoms with Crippen LogP contribution in [-0.2, 0) is 19.9 Å². The van der Waals surface area contributed by atoms with Gasteiger partial charge in [-0.25, -0.2) is 4.79 Å². The summed E-state index contributed by atoms with van der Waals surface area (Å²) in [7, 11) is 1.19. The number of nitrogens with zero attached hydrogens (tertiary/aromatic N) is 3. The van der Waals surface area contributed by atoms with Crippen LogP contribution in [0.3, 0.4) is 0 Å². The molecule has 1 N–H and O–H groups in total. The van der Waals surface area contributed by atoms with Gasteiger partial charge in [0.05, 0.1) is 27.9 Å². The van der Waals surface area contributed by atoms with Gasteiger partial charge in [-0.05, 0) is 55.2 Å². The molecule has 1 aliphatic carbocycles. The number of hydrogen-bond acceptors (Lipinski definition) is 8. The minimum absolute atomic E-state index is 0. The van der Waals surface area contributed by atoms with Crippen molar-refractivity contribution in [3.05, 3.63) is 84.0 Å². The maximum Gasteiger partial charge on any atom is 0.338 e. The van der Waals surface area contributed by atoms with Crippen LogP contribution in [0, 0.1) is 22.0 Å². The van der Waals surface area contributed by atoms with E-state index in [0.29, 0.717) is 27.5 Å². The Morgan fingerprint density at radius 3 is 2.58 bits per heavy atom. The highest BCUT2D eigenvalue weighted by Gasteiger charge is 2.71. The van der Waals surface area contributed by atoms with E-state index in [4.69, 9.17) is 27.9 Å². The monoisotopic (exact) mass is 642 g/mol. The second kappa shape index (κ2) is 10.6. The van der Waals surface area contributed by atoms with Crippen molar-refractivity contribution in [2.24, 2.45) is 11.8 Å². The molecule has 2 saturated heterocycles. The van der Waals surface area contributed by atoms with Crippen LogP contribution in [0.5, 0.6) is 0 Å². The Morgan fingerprint density at radius 2 is 1.93 bits per heavy atom. The van der Waals surface area contributed by atoms with E-state index in [1.54, 1.807) is 18.2 Å². The quantitative estimate of drug-likeness (QED) is 0.197. The number of rotatable bonds is 6. The van der Waals surface area contributed by atoms with Crippen LogP contribution < -0.4 is 10.2 Å². The molecule has 43 heavy (non-hydrogen) atoms. The summed E-state index contributed by atoms with van der Waals surface area (Å²) in [6.45, 7) is 0.735. The molecule has 1 spiro atoms. The number of carbonyl (C=O) groups is 3. The molecule has 4 aliphatic rings. The molecule has 4 atom stereocenters. The molecular weight excluding hydrogens is 615 g/mol. The lowest BCUT2D eigenvalue weighted by molar-refractivity contribution is -0.384. The number of benzene rings is 2. The predicted octanol–water partition coefficient (Wildman–Crippen LogP) is 6.07. The SMILES string of the molecule is C.COC(=O)c1ccc(N2C[C@H]3[C@@H](C2=O)[C@H](c2ccc(Cl)s2)[C@]2(C(=O)Nc4cc(Cl)ccc42)N3CC2CC2)c([N+](=O)[O-])c1. The third kappa shape index (κ3) is 4.35. The van der Waals surface area contributed by atoms with Crippen LogP contribution in [0.1, 0.15) is 47.0 Å². The number of nitro groups is 1. The summed E-state index contributed by atoms with van der Waals surface area (Å²) in [6, 6.07) is 12.5. The van der Waals surface area contributed by atoms with E-state index < -0.39 is 34.3 Å². The lowest BCUT2D eigenvalue weighted by atomic mass is 9.74. The molecule has 13 heteroatoms. The van der Waals surface area contributed by atoms with E-state index in [-0.39, 0.29) is 42.7 Å². The van der Waals surface area contributed by atoms with Crippen LogP contribution in [0.4, 0.5) is 17.1 Å². The van der Waals surface area contributed by atoms with Crippen molar-refractivity contribution in [1.29, 1.82) is 0 Å². The van der Waals surface area contributed by atoms with Crippen LogP contribution in [0.15, 0.2) is 48.5 Å². The highest BCUT2D eigenvalue weighted by Crippen LogP contribution is 2.63. The maximum atomic E-state index is 14.5. The van der Waals surface area contributed by atoms with E-state index >= 15 is 0 Å². The van der Waals surface area contributed by atoms with Crippen molar-refractivity contribution >= 4 is 69.4 Å². The number of methoxy groups -OCH3 is 1. The van der Waals surface area contributed by atoms with Crippen LogP contribution in [0.25, 0.3) is 0 Å². The Kier molecular flexibility index (Phi) is 7.28. The molecule has 3 fully saturated rings. The van der Waals surface area contributed by atoms with E-state index in [9.17, 15) is 24.5 Å². The maximum absolute atomic E-state index is 14.5. The Balaban J connectivity index is 0.00000329. The topological polar surface area (TPSA) is 122 Å². The number of esters is 1. The van der Waals surface area contributed by atoms with E-state index in [0.717, 1.165) is 29.3 Å². The minimum atomic E-state index is -1.19. The van der Waals surface area contributed by atoms with Gasteiger partial charge in [0, 0.05) is 52.3 Å². The molecule has 0 unspecified atom stereocenters. The summed E-state index contributed by atoms with van der Waals surface area (Å²) >= 11 is 14.1. The van der Waals surface area contributed by atoms with Crippen molar-refractivity contribution in [2.45, 2.75) is 37.8 Å². The van der Waals surface area contributed by atoms with Gasteiger partial charge in [-0.1, -0.05) is 36.7 Å². The lowest BCUT2D eigenvalue weighted by Crippen LogP contribution is -2.54. The van der Waals surface area contributed by atoms with Crippen LogP contribution in [0.2, 0.25) is 9.36 Å². The molecule has 3 aromatic rings. The second-order valence-corrected chi connectivity index (χ2v) is 13.3. The van der Waals surface area contributed by atoms with Crippen LogP contribution in [-0.4, -0.2) is 53.8 Å². The molecule has 0 radical (unpaired) electrons. The molecule has 7 rings (SSSR count). The van der Waals surface area contributed by atoms with Crippen molar-refractivity contribution in [3.8, 4) is 0 Å². The van der Waals surface area contributed by atoms with Crippen molar-refractivity contribution < 1.29 is 24.0 Å². The predicted molar refractivity (Wildman–Crippen MR) is 164 cm³/mol. The summed E-state index contributed by atoms with van der Waals surface area (Å²) in [5.74, 6) is -2.19. The van der Waals surface area contributed by atoms with Gasteiger partial charge in [0.2, 0.25) is 11.8 Å². The first-order valence-electron chi connectivity index (χ1n) is 13.5. The average Bonchev–Trinajstić information content (AvgIpc) is 3.36. The zero-order valence-corrected chi connectivity index (χ0v) is 24.5. The summed E-state index contributed by atoms with van der Waals surface area (Å²) in [6.07, 6.45) is 2.04. The first-order chi connectivity index (χ1) is 20.1. The smallest absolute Gasteiger partial charge is 0.338 e. The number of halogens is 2. The fourth-order valence-corrected chi connectivity index (χ4v) is 8.52. The first-order valence-corrected chi connectivity index (χ1v) is 15.0. The third-order valence-corrected chi connectivity index (χ3v) is 10.5. The number of fused-ring (bicyclic) bond motifs is 3. The third-order valence-electron chi connectivity index (χ3n) is 8.92. The van der Waals surface area contributed by atoms with Crippen molar-refractivity contribution in [3.63, 3.8) is 0 Å². The van der Waals surface area contributed by atoms with E-state index in [1.165, 1.54) is 35.5 Å². The lowest BCUT2D eigenvalue weighted by Gasteiger charge is -2.40. The summed E-state index contributed by atoms with van der Waals surface area (Å²) in [5, 5.41) is 15.7. The molecule has 2 aromatic carbocycles. The number of ether oxygens (including phenoxy) is 1. The second-order valence-electron chi connectivity index (χ2n) is 11.1. The number of nitro benzene ring substituents is 1. The summed E-state index contributed by atoms with van der Waals surface area (Å²) < 4.78 is 5.27. The number of amides is 2. The highest BCUT2D eigenvalue weighted by atomic mass is 35.5. The normalized spacial score (nSPS) is 25.8. The van der Waals surface area contributed by atoms with Gasteiger partial charge in [0.25, 0.3) is 5.69 Å².